The molecule has 2 aliphatic heterocycles. The van der Waals surface area contributed by atoms with Crippen LogP contribution in [0.5, 0.6) is 0 Å². The van der Waals surface area contributed by atoms with E-state index >= 15 is 0 Å². The SMILES string of the molecule is Cc1noc(C)c1S(=O)(=O)N1CCCC(C(=O)N2CCCCC2c2nc3ccccc3s2)C1. The largest absolute Gasteiger partial charge is 0.360 e. The third kappa shape index (κ3) is 4.08. The number of benzene rings is 1. The number of rotatable bonds is 4. The standard InChI is InChI=1S/C23H28N4O4S2/c1-15-21(16(2)31-25-15)33(29,30)26-12-7-8-17(14-26)23(28)27-13-6-5-10-19(27)22-24-18-9-3-4-11-20(18)32-22/h3-4,9,11,17,19H,5-8,10,12-14H2,1-2H3. The summed E-state index contributed by atoms with van der Waals surface area (Å²) in [5.74, 6) is -0.0329. The molecule has 2 aliphatic rings. The summed E-state index contributed by atoms with van der Waals surface area (Å²) in [5, 5.41) is 4.78. The maximum absolute atomic E-state index is 13.7. The Hall–Kier alpha value is -2.30. The number of sulfonamides is 1. The van der Waals surface area contributed by atoms with E-state index in [1.165, 1.54) is 4.31 Å². The maximum Gasteiger partial charge on any atom is 0.248 e. The molecular weight excluding hydrogens is 460 g/mol. The van der Waals surface area contributed by atoms with E-state index < -0.39 is 10.0 Å². The molecule has 33 heavy (non-hydrogen) atoms. The summed E-state index contributed by atoms with van der Waals surface area (Å²) in [7, 11) is -3.76. The fraction of sp³-hybridized carbons (Fsp3) is 0.522. The third-order valence-corrected chi connectivity index (χ3v) is 9.93. The van der Waals surface area contributed by atoms with E-state index in [0.717, 1.165) is 34.5 Å². The van der Waals surface area contributed by atoms with Gasteiger partial charge in [-0.3, -0.25) is 4.79 Å². The molecule has 0 spiro atoms. The van der Waals surface area contributed by atoms with E-state index in [4.69, 9.17) is 9.51 Å². The molecule has 8 nitrogen and oxygen atoms in total. The van der Waals surface area contributed by atoms with Crippen molar-refractivity contribution in [1.29, 1.82) is 0 Å². The molecule has 5 rings (SSSR count). The van der Waals surface area contributed by atoms with Crippen LogP contribution in [0.1, 0.15) is 54.6 Å². The number of fused-ring (bicyclic) bond motifs is 1. The first-order chi connectivity index (χ1) is 15.9. The van der Waals surface area contributed by atoms with Crippen molar-refractivity contribution >= 4 is 37.5 Å². The van der Waals surface area contributed by atoms with Crippen LogP contribution in [0.15, 0.2) is 33.7 Å². The van der Waals surface area contributed by atoms with Gasteiger partial charge in [-0.05, 0) is 58.1 Å². The van der Waals surface area contributed by atoms with E-state index in [0.29, 0.717) is 31.6 Å². The number of para-hydroxylation sites is 1. The minimum absolute atomic E-state index is 0.0395. The Morgan fingerprint density at radius 1 is 1.12 bits per heavy atom. The zero-order chi connectivity index (χ0) is 23.2. The monoisotopic (exact) mass is 488 g/mol. The van der Waals surface area contributed by atoms with Crippen molar-refractivity contribution in [1.82, 2.24) is 19.3 Å². The predicted octanol–water partition coefficient (Wildman–Crippen LogP) is 4.06. The van der Waals surface area contributed by atoms with Crippen molar-refractivity contribution in [3.8, 4) is 0 Å². The summed E-state index contributed by atoms with van der Waals surface area (Å²) < 4.78 is 34.3. The second kappa shape index (κ2) is 8.81. The van der Waals surface area contributed by atoms with Crippen molar-refractivity contribution < 1.29 is 17.7 Å². The number of nitrogens with zero attached hydrogens (tertiary/aromatic N) is 4. The van der Waals surface area contributed by atoms with Gasteiger partial charge in [0.15, 0.2) is 5.76 Å². The number of likely N-dealkylation sites (tertiary alicyclic amines) is 1. The van der Waals surface area contributed by atoms with E-state index in [9.17, 15) is 13.2 Å². The predicted molar refractivity (Wildman–Crippen MR) is 125 cm³/mol. The molecule has 10 heteroatoms. The number of hydrogen-bond acceptors (Lipinski definition) is 7. The molecule has 2 fully saturated rings. The second-order valence-electron chi connectivity index (χ2n) is 8.92. The molecule has 3 aromatic rings. The molecule has 1 amide bonds. The van der Waals surface area contributed by atoms with E-state index in [1.54, 1.807) is 25.2 Å². The van der Waals surface area contributed by atoms with Crippen molar-refractivity contribution in [3.63, 3.8) is 0 Å². The van der Waals surface area contributed by atoms with Gasteiger partial charge in [0.25, 0.3) is 0 Å². The van der Waals surface area contributed by atoms with Gasteiger partial charge in [-0.15, -0.1) is 11.3 Å². The topological polar surface area (TPSA) is 96.6 Å². The number of carbonyl (C=O) groups is 1. The molecule has 1 aromatic carbocycles. The number of carbonyl (C=O) groups excluding carboxylic acids is 1. The Morgan fingerprint density at radius 2 is 1.94 bits per heavy atom. The summed E-state index contributed by atoms with van der Waals surface area (Å²) >= 11 is 1.65. The molecule has 0 aliphatic carbocycles. The lowest BCUT2D eigenvalue weighted by Crippen LogP contribution is -2.48. The molecule has 4 heterocycles. The molecule has 0 radical (unpaired) electrons. The van der Waals surface area contributed by atoms with Crippen molar-refractivity contribution in [2.24, 2.45) is 5.92 Å². The van der Waals surface area contributed by atoms with Crippen molar-refractivity contribution in [3.05, 3.63) is 40.7 Å². The van der Waals surface area contributed by atoms with Gasteiger partial charge in [0, 0.05) is 19.6 Å². The van der Waals surface area contributed by atoms with Gasteiger partial charge in [-0.2, -0.15) is 4.31 Å². The molecule has 2 aromatic heterocycles. The quantitative estimate of drug-likeness (QED) is 0.550. The van der Waals surface area contributed by atoms with Gasteiger partial charge in [0.2, 0.25) is 15.9 Å². The van der Waals surface area contributed by atoms with Crippen LogP contribution in [-0.4, -0.2) is 53.3 Å². The van der Waals surface area contributed by atoms with Crippen molar-refractivity contribution in [2.75, 3.05) is 19.6 Å². The van der Waals surface area contributed by atoms with Gasteiger partial charge >= 0.3 is 0 Å². The van der Waals surface area contributed by atoms with Crippen LogP contribution >= 0.6 is 11.3 Å². The number of piperidine rings is 2. The summed E-state index contributed by atoms with van der Waals surface area (Å²) in [6.07, 6.45) is 4.25. The summed E-state index contributed by atoms with van der Waals surface area (Å²) in [6, 6.07) is 8.00. The summed E-state index contributed by atoms with van der Waals surface area (Å²) in [4.78, 5) is 20.6. The molecule has 0 saturated carbocycles. The number of thiazole rings is 1. The highest BCUT2D eigenvalue weighted by Crippen LogP contribution is 2.37. The van der Waals surface area contributed by atoms with Crippen molar-refractivity contribution in [2.45, 2.75) is 56.9 Å². The van der Waals surface area contributed by atoms with Crippen LogP contribution in [0.3, 0.4) is 0 Å². The average molecular weight is 489 g/mol. The third-order valence-electron chi connectivity index (χ3n) is 6.68. The fourth-order valence-electron chi connectivity index (χ4n) is 5.05. The Balaban J connectivity index is 1.38. The number of aromatic nitrogens is 2. The Morgan fingerprint density at radius 3 is 2.70 bits per heavy atom. The Kier molecular flexibility index (Phi) is 6.00. The van der Waals surface area contributed by atoms with E-state index in [1.807, 2.05) is 23.1 Å². The normalized spacial score (nSPS) is 22.7. The fourth-order valence-corrected chi connectivity index (χ4v) is 7.98. The van der Waals surface area contributed by atoms with Crippen LogP contribution in [0, 0.1) is 19.8 Å². The smallest absolute Gasteiger partial charge is 0.248 e. The molecule has 0 bridgehead atoms. The number of aryl methyl sites for hydroxylation is 2. The zero-order valence-electron chi connectivity index (χ0n) is 18.9. The zero-order valence-corrected chi connectivity index (χ0v) is 20.5. The first-order valence-electron chi connectivity index (χ1n) is 11.4. The number of amides is 1. The first kappa shape index (κ1) is 22.5. The lowest BCUT2D eigenvalue weighted by Gasteiger charge is -2.39. The Labute approximate surface area is 197 Å². The second-order valence-corrected chi connectivity index (χ2v) is 11.9. The van der Waals surface area contributed by atoms with Crippen LogP contribution in [0.4, 0.5) is 0 Å². The van der Waals surface area contributed by atoms with Gasteiger partial charge in [0.1, 0.15) is 15.6 Å². The van der Waals surface area contributed by atoms with Crippen LogP contribution in [-0.2, 0) is 14.8 Å². The van der Waals surface area contributed by atoms with Crippen LogP contribution < -0.4 is 0 Å². The van der Waals surface area contributed by atoms with Gasteiger partial charge in [-0.25, -0.2) is 13.4 Å². The molecule has 2 unspecified atom stereocenters. The van der Waals surface area contributed by atoms with E-state index in [-0.39, 0.29) is 35.1 Å². The highest BCUT2D eigenvalue weighted by molar-refractivity contribution is 7.89. The minimum atomic E-state index is -3.76. The van der Waals surface area contributed by atoms with Crippen LogP contribution in [0.2, 0.25) is 0 Å². The Bertz CT molecular complexity index is 1230. The highest BCUT2D eigenvalue weighted by Gasteiger charge is 2.40. The first-order valence-corrected chi connectivity index (χ1v) is 13.7. The van der Waals surface area contributed by atoms with E-state index in [2.05, 4.69) is 11.2 Å². The molecule has 2 saturated heterocycles. The minimum Gasteiger partial charge on any atom is -0.360 e. The molecular formula is C23H28N4O4S2. The highest BCUT2D eigenvalue weighted by atomic mass is 32.2. The summed E-state index contributed by atoms with van der Waals surface area (Å²) in [6.45, 7) is 4.51. The lowest BCUT2D eigenvalue weighted by molar-refractivity contribution is -0.140. The van der Waals surface area contributed by atoms with Gasteiger partial charge in [-0.1, -0.05) is 17.3 Å². The average Bonchev–Trinajstić information content (AvgIpc) is 3.41. The molecule has 2 atom stereocenters. The van der Waals surface area contributed by atoms with Gasteiger partial charge < -0.3 is 9.42 Å². The van der Waals surface area contributed by atoms with Gasteiger partial charge in [0.05, 0.1) is 22.2 Å². The molecule has 0 N–H and O–H groups in total. The molecule has 176 valence electrons. The summed E-state index contributed by atoms with van der Waals surface area (Å²) in [5.41, 5.74) is 1.32. The number of hydrogen-bond donors (Lipinski definition) is 0. The van der Waals surface area contributed by atoms with Crippen LogP contribution in [0.25, 0.3) is 10.2 Å². The maximum atomic E-state index is 13.7. The lowest BCUT2D eigenvalue weighted by atomic mass is 9.94.